The Balaban J connectivity index is 1.49. The molecule has 4 aromatic carbocycles. The van der Waals surface area contributed by atoms with Gasteiger partial charge in [-0.1, -0.05) is 63.2 Å². The maximum absolute atomic E-state index is 13.7. The summed E-state index contributed by atoms with van der Waals surface area (Å²) in [4.78, 5) is 53.9. The molecular formula is C31H27N3O5. The molecule has 0 aromatic heterocycles. The van der Waals surface area contributed by atoms with Gasteiger partial charge in [0.1, 0.15) is 0 Å². The number of hydrogen-bond donors (Lipinski definition) is 0. The van der Waals surface area contributed by atoms with Gasteiger partial charge in [0.15, 0.2) is 0 Å². The molecule has 0 unspecified atom stereocenters. The first kappa shape index (κ1) is 25.8. The predicted molar refractivity (Wildman–Crippen MR) is 149 cm³/mol. The molecule has 0 saturated carbocycles. The van der Waals surface area contributed by atoms with Crippen LogP contribution in [0.25, 0.3) is 10.8 Å². The van der Waals surface area contributed by atoms with Gasteiger partial charge < -0.3 is 4.90 Å². The Labute approximate surface area is 225 Å². The lowest BCUT2D eigenvalue weighted by atomic mass is 9.87. The molecule has 39 heavy (non-hydrogen) atoms. The molecule has 0 radical (unpaired) electrons. The molecule has 3 amide bonds. The van der Waals surface area contributed by atoms with Crippen molar-refractivity contribution in [3.63, 3.8) is 0 Å². The van der Waals surface area contributed by atoms with E-state index in [1.807, 2.05) is 36.4 Å². The fourth-order valence-corrected chi connectivity index (χ4v) is 4.88. The normalized spacial score (nSPS) is 13.1. The van der Waals surface area contributed by atoms with E-state index in [0.717, 1.165) is 15.8 Å². The highest BCUT2D eigenvalue weighted by atomic mass is 16.6. The van der Waals surface area contributed by atoms with Crippen LogP contribution in [0.5, 0.6) is 0 Å². The average Bonchev–Trinajstić information content (AvgIpc) is 2.93. The third-order valence-corrected chi connectivity index (χ3v) is 7.00. The summed E-state index contributed by atoms with van der Waals surface area (Å²) in [5.74, 6) is -1.31. The predicted octanol–water partition coefficient (Wildman–Crippen LogP) is 5.99. The van der Waals surface area contributed by atoms with E-state index in [0.29, 0.717) is 22.2 Å². The lowest BCUT2D eigenvalue weighted by Crippen LogP contribution is -2.46. The minimum absolute atomic E-state index is 0.00597. The van der Waals surface area contributed by atoms with Crippen molar-refractivity contribution in [1.82, 2.24) is 4.90 Å². The number of non-ortho nitro benzene ring substituents is 1. The van der Waals surface area contributed by atoms with Crippen LogP contribution in [-0.4, -0.2) is 40.6 Å². The van der Waals surface area contributed by atoms with Crippen LogP contribution in [0.3, 0.4) is 0 Å². The van der Waals surface area contributed by atoms with E-state index in [2.05, 4.69) is 20.8 Å². The topological polar surface area (TPSA) is 101 Å². The number of nitro benzene ring substituents is 1. The quantitative estimate of drug-likeness (QED) is 0.176. The smallest absolute Gasteiger partial charge is 0.270 e. The number of rotatable bonds is 6. The van der Waals surface area contributed by atoms with Crippen LogP contribution in [0.15, 0.2) is 84.9 Å². The zero-order valence-corrected chi connectivity index (χ0v) is 21.9. The van der Waals surface area contributed by atoms with E-state index in [1.165, 1.54) is 29.2 Å². The molecule has 0 saturated heterocycles. The molecule has 8 nitrogen and oxygen atoms in total. The van der Waals surface area contributed by atoms with Gasteiger partial charge in [-0.25, -0.2) is 0 Å². The zero-order chi connectivity index (χ0) is 27.9. The van der Waals surface area contributed by atoms with Crippen LogP contribution in [0.1, 0.15) is 57.4 Å². The first-order valence-corrected chi connectivity index (χ1v) is 12.6. The summed E-state index contributed by atoms with van der Waals surface area (Å²) in [6, 6.07) is 23.7. The van der Waals surface area contributed by atoms with Crippen molar-refractivity contribution in [1.29, 1.82) is 0 Å². The number of nitro groups is 1. The van der Waals surface area contributed by atoms with Crippen LogP contribution in [0, 0.1) is 10.1 Å². The monoisotopic (exact) mass is 521 g/mol. The molecule has 1 aliphatic rings. The summed E-state index contributed by atoms with van der Waals surface area (Å²) in [7, 11) is 0. The van der Waals surface area contributed by atoms with Gasteiger partial charge in [-0.05, 0) is 46.7 Å². The van der Waals surface area contributed by atoms with Crippen molar-refractivity contribution >= 4 is 39.9 Å². The number of anilines is 1. The third-order valence-electron chi connectivity index (χ3n) is 7.00. The Bertz CT molecular complexity index is 1590. The SMILES string of the molecule is CC(C)(C)c1ccc(N(CCN2C(=O)c3cccc4cccc(c34)C2=O)C(=O)c2cccc([N+](=O)[O-])c2)cc1. The van der Waals surface area contributed by atoms with Crippen molar-refractivity contribution in [3.05, 3.63) is 117 Å². The molecule has 0 N–H and O–H groups in total. The van der Waals surface area contributed by atoms with Crippen molar-refractivity contribution < 1.29 is 19.3 Å². The molecule has 8 heteroatoms. The van der Waals surface area contributed by atoms with E-state index < -0.39 is 22.6 Å². The Morgan fingerprint density at radius 3 is 2.03 bits per heavy atom. The second-order valence-corrected chi connectivity index (χ2v) is 10.5. The highest BCUT2D eigenvalue weighted by Crippen LogP contribution is 2.31. The summed E-state index contributed by atoms with van der Waals surface area (Å²) in [6.45, 7) is 6.20. The molecule has 1 aliphatic heterocycles. The first-order valence-electron chi connectivity index (χ1n) is 12.6. The molecule has 0 bridgehead atoms. The van der Waals surface area contributed by atoms with Gasteiger partial charge in [0.05, 0.1) is 4.92 Å². The second kappa shape index (κ2) is 9.79. The van der Waals surface area contributed by atoms with Crippen LogP contribution in [-0.2, 0) is 5.41 Å². The standard InChI is InChI=1S/C31H27N3O5/c1-31(2,3)22-13-15-23(16-14-22)32(28(35)21-9-4-10-24(19-21)34(38)39)17-18-33-29(36)25-11-5-7-20-8-6-12-26(27(20)25)30(33)37/h4-16,19H,17-18H2,1-3H3. The van der Waals surface area contributed by atoms with E-state index in [1.54, 1.807) is 24.3 Å². The van der Waals surface area contributed by atoms with E-state index in [4.69, 9.17) is 0 Å². The van der Waals surface area contributed by atoms with E-state index >= 15 is 0 Å². The zero-order valence-electron chi connectivity index (χ0n) is 21.9. The van der Waals surface area contributed by atoms with Gasteiger partial charge >= 0.3 is 0 Å². The lowest BCUT2D eigenvalue weighted by molar-refractivity contribution is -0.384. The number of amides is 3. The molecule has 0 fully saturated rings. The maximum atomic E-state index is 13.7. The fraction of sp³-hybridized carbons (Fsp3) is 0.194. The average molecular weight is 522 g/mol. The summed E-state index contributed by atoms with van der Waals surface area (Å²) < 4.78 is 0. The molecule has 196 valence electrons. The van der Waals surface area contributed by atoms with Crippen LogP contribution in [0.4, 0.5) is 11.4 Å². The number of carbonyl (C=O) groups is 3. The van der Waals surface area contributed by atoms with Crippen LogP contribution >= 0.6 is 0 Å². The highest BCUT2D eigenvalue weighted by molar-refractivity contribution is 6.25. The number of benzene rings is 4. The van der Waals surface area contributed by atoms with Crippen LogP contribution in [0.2, 0.25) is 0 Å². The highest BCUT2D eigenvalue weighted by Gasteiger charge is 2.33. The second-order valence-electron chi connectivity index (χ2n) is 10.5. The van der Waals surface area contributed by atoms with Gasteiger partial charge in [0.2, 0.25) is 0 Å². The van der Waals surface area contributed by atoms with Gasteiger partial charge in [-0.15, -0.1) is 0 Å². The molecule has 4 aromatic rings. The van der Waals surface area contributed by atoms with Gasteiger partial charge in [-0.3, -0.25) is 29.4 Å². The summed E-state index contributed by atoms with van der Waals surface area (Å²) >= 11 is 0. The molecule has 0 spiro atoms. The van der Waals surface area contributed by atoms with E-state index in [9.17, 15) is 24.5 Å². The van der Waals surface area contributed by atoms with Crippen molar-refractivity contribution in [2.75, 3.05) is 18.0 Å². The fourth-order valence-electron chi connectivity index (χ4n) is 4.88. The molecular weight excluding hydrogens is 494 g/mol. The van der Waals surface area contributed by atoms with Crippen LogP contribution < -0.4 is 4.90 Å². The maximum Gasteiger partial charge on any atom is 0.270 e. The molecule has 1 heterocycles. The largest absolute Gasteiger partial charge is 0.307 e. The van der Waals surface area contributed by atoms with E-state index in [-0.39, 0.29) is 29.8 Å². The molecule has 0 aliphatic carbocycles. The molecule has 5 rings (SSSR count). The minimum atomic E-state index is -0.553. The van der Waals surface area contributed by atoms with Crippen molar-refractivity contribution in [3.8, 4) is 0 Å². The van der Waals surface area contributed by atoms with Crippen molar-refractivity contribution in [2.45, 2.75) is 26.2 Å². The van der Waals surface area contributed by atoms with Crippen molar-refractivity contribution in [2.24, 2.45) is 0 Å². The summed E-state index contributed by atoms with van der Waals surface area (Å²) in [6.07, 6.45) is 0. The Morgan fingerprint density at radius 1 is 0.872 bits per heavy atom. The minimum Gasteiger partial charge on any atom is -0.307 e. The summed E-state index contributed by atoms with van der Waals surface area (Å²) in [5, 5.41) is 12.8. The van der Waals surface area contributed by atoms with Gasteiger partial charge in [-0.2, -0.15) is 0 Å². The Hall–Kier alpha value is -4.85. The Morgan fingerprint density at radius 2 is 1.46 bits per heavy atom. The Kier molecular flexibility index (Phi) is 6.48. The number of imide groups is 1. The summed E-state index contributed by atoms with van der Waals surface area (Å²) in [5.41, 5.74) is 2.33. The number of hydrogen-bond acceptors (Lipinski definition) is 5. The van der Waals surface area contributed by atoms with Gasteiger partial charge in [0.25, 0.3) is 23.4 Å². The lowest BCUT2D eigenvalue weighted by Gasteiger charge is -2.30. The third kappa shape index (κ3) is 4.77. The number of nitrogens with zero attached hydrogens (tertiary/aromatic N) is 3. The first-order chi connectivity index (χ1) is 18.6. The molecule has 0 atom stereocenters. The van der Waals surface area contributed by atoms with Gasteiger partial charge in [0, 0.05) is 53.0 Å². The number of carbonyl (C=O) groups excluding carboxylic acids is 3.